The Bertz CT molecular complexity index is 1120. The summed E-state index contributed by atoms with van der Waals surface area (Å²) in [5.41, 5.74) is 2.35. The molecule has 1 amide bonds. The molecule has 1 aromatic carbocycles. The molecule has 0 aliphatic carbocycles. The van der Waals surface area contributed by atoms with Crippen molar-refractivity contribution < 1.29 is 14.3 Å². The van der Waals surface area contributed by atoms with Crippen LogP contribution in [0.5, 0.6) is 11.5 Å². The number of carbonyl (C=O) groups is 1. The average Bonchev–Trinajstić information content (AvgIpc) is 3.45. The van der Waals surface area contributed by atoms with Crippen molar-refractivity contribution in [3.63, 3.8) is 0 Å². The van der Waals surface area contributed by atoms with E-state index in [4.69, 9.17) is 9.47 Å². The van der Waals surface area contributed by atoms with Gasteiger partial charge in [-0.1, -0.05) is 12.1 Å². The number of hydrogen-bond acceptors (Lipinski definition) is 5. The summed E-state index contributed by atoms with van der Waals surface area (Å²) in [6.45, 7) is 1.79. The zero-order chi connectivity index (χ0) is 21.8. The maximum absolute atomic E-state index is 12.8. The molecule has 0 radical (unpaired) electrons. The van der Waals surface area contributed by atoms with Crippen LogP contribution < -0.4 is 15.0 Å². The van der Waals surface area contributed by atoms with Gasteiger partial charge in [-0.15, -0.1) is 0 Å². The van der Waals surface area contributed by atoms with E-state index in [2.05, 4.69) is 16.3 Å². The number of aryl methyl sites for hydroxylation is 1. The lowest BCUT2D eigenvalue weighted by molar-refractivity contribution is 0.0789. The summed E-state index contributed by atoms with van der Waals surface area (Å²) < 4.78 is 12.6. The molecule has 0 saturated carbocycles. The van der Waals surface area contributed by atoms with Crippen LogP contribution in [0.1, 0.15) is 34.1 Å². The Hall–Kier alpha value is -3.55. The number of aromatic amines is 1. The highest BCUT2D eigenvalue weighted by Gasteiger charge is 2.29. The maximum Gasteiger partial charge on any atom is 0.255 e. The molecule has 8 nitrogen and oxygen atoms in total. The molecule has 4 rings (SSSR count). The molecule has 8 heteroatoms. The van der Waals surface area contributed by atoms with Gasteiger partial charge in [-0.25, -0.2) is 0 Å². The zero-order valence-electron chi connectivity index (χ0n) is 17.7. The van der Waals surface area contributed by atoms with Gasteiger partial charge in [-0.3, -0.25) is 14.7 Å². The first-order valence-corrected chi connectivity index (χ1v) is 10.3. The number of methoxy groups -OCH3 is 1. The second kappa shape index (κ2) is 9.07. The van der Waals surface area contributed by atoms with Crippen LogP contribution in [-0.4, -0.2) is 52.4 Å². The number of rotatable bonds is 7. The van der Waals surface area contributed by atoms with Gasteiger partial charge >= 0.3 is 0 Å². The van der Waals surface area contributed by atoms with Gasteiger partial charge in [0.2, 0.25) is 5.56 Å². The van der Waals surface area contributed by atoms with Crippen LogP contribution >= 0.6 is 0 Å². The highest BCUT2D eigenvalue weighted by Crippen LogP contribution is 2.28. The molecule has 1 atom stereocenters. The number of likely N-dealkylation sites (tertiary alicyclic amines) is 1. The number of para-hydroxylation sites is 2. The van der Waals surface area contributed by atoms with E-state index in [9.17, 15) is 9.59 Å². The van der Waals surface area contributed by atoms with Crippen molar-refractivity contribution in [1.29, 1.82) is 0 Å². The van der Waals surface area contributed by atoms with E-state index in [1.807, 2.05) is 29.2 Å². The summed E-state index contributed by atoms with van der Waals surface area (Å²) in [5.74, 6) is 1.56. The first kappa shape index (κ1) is 20.7. The Morgan fingerprint density at radius 3 is 2.81 bits per heavy atom. The number of pyridine rings is 1. The van der Waals surface area contributed by atoms with Crippen molar-refractivity contribution in [2.75, 3.05) is 26.8 Å². The number of carbonyl (C=O) groups excluding carboxylic acids is 1. The van der Waals surface area contributed by atoms with E-state index in [0.29, 0.717) is 43.2 Å². The summed E-state index contributed by atoms with van der Waals surface area (Å²) >= 11 is 0. The minimum atomic E-state index is -0.130. The summed E-state index contributed by atoms with van der Waals surface area (Å²) in [6.07, 6.45) is 3.14. The van der Waals surface area contributed by atoms with Crippen molar-refractivity contribution >= 4 is 5.91 Å². The van der Waals surface area contributed by atoms with Crippen LogP contribution in [0, 0.1) is 0 Å². The molecular formula is C23H26N4O4. The van der Waals surface area contributed by atoms with Gasteiger partial charge in [0.05, 0.1) is 25.0 Å². The first-order valence-electron chi connectivity index (χ1n) is 10.3. The van der Waals surface area contributed by atoms with Gasteiger partial charge in [0, 0.05) is 50.4 Å². The smallest absolute Gasteiger partial charge is 0.255 e. The van der Waals surface area contributed by atoms with Gasteiger partial charge in [0.1, 0.15) is 0 Å². The van der Waals surface area contributed by atoms with Gasteiger partial charge in [0.25, 0.3) is 5.91 Å². The second-order valence-corrected chi connectivity index (χ2v) is 7.67. The number of H-pyrrole nitrogens is 1. The third-order valence-electron chi connectivity index (χ3n) is 5.58. The molecule has 1 fully saturated rings. The monoisotopic (exact) mass is 422 g/mol. The van der Waals surface area contributed by atoms with Crippen molar-refractivity contribution in [3.8, 4) is 11.5 Å². The Kier molecular flexibility index (Phi) is 6.06. The number of nitrogens with zero attached hydrogens (tertiary/aromatic N) is 3. The van der Waals surface area contributed by atoms with Crippen LogP contribution in [-0.2, 0) is 13.5 Å². The molecule has 3 aromatic rings. The third-order valence-corrected chi connectivity index (χ3v) is 5.58. The fraction of sp³-hybridized carbons (Fsp3) is 0.348. The predicted molar refractivity (Wildman–Crippen MR) is 116 cm³/mol. The highest BCUT2D eigenvalue weighted by molar-refractivity contribution is 5.94. The fourth-order valence-corrected chi connectivity index (χ4v) is 3.81. The van der Waals surface area contributed by atoms with Gasteiger partial charge in [-0.05, 0) is 30.7 Å². The Labute approximate surface area is 180 Å². The number of amides is 1. The summed E-state index contributed by atoms with van der Waals surface area (Å²) in [7, 11) is 3.27. The fourth-order valence-electron chi connectivity index (χ4n) is 3.81. The van der Waals surface area contributed by atoms with Crippen molar-refractivity contribution in [3.05, 3.63) is 76.0 Å². The van der Waals surface area contributed by atoms with Crippen LogP contribution in [0.2, 0.25) is 0 Å². The van der Waals surface area contributed by atoms with E-state index < -0.39 is 0 Å². The van der Waals surface area contributed by atoms with Gasteiger partial charge in [-0.2, -0.15) is 5.10 Å². The number of aromatic nitrogens is 3. The molecule has 3 heterocycles. The summed E-state index contributed by atoms with van der Waals surface area (Å²) in [6, 6.07) is 12.6. The zero-order valence-corrected chi connectivity index (χ0v) is 17.7. The van der Waals surface area contributed by atoms with Crippen molar-refractivity contribution in [2.24, 2.45) is 7.05 Å². The van der Waals surface area contributed by atoms with Crippen molar-refractivity contribution in [2.45, 2.75) is 18.8 Å². The molecule has 1 aliphatic heterocycles. The molecule has 162 valence electrons. The predicted octanol–water partition coefficient (Wildman–Crippen LogP) is 2.37. The topological polar surface area (TPSA) is 89.4 Å². The van der Waals surface area contributed by atoms with E-state index in [1.54, 1.807) is 26.4 Å². The molecule has 2 aromatic heterocycles. The van der Waals surface area contributed by atoms with Crippen LogP contribution in [0.15, 0.2) is 53.5 Å². The van der Waals surface area contributed by atoms with E-state index in [0.717, 1.165) is 17.8 Å². The van der Waals surface area contributed by atoms with Gasteiger partial charge in [0.15, 0.2) is 11.5 Å². The first-order chi connectivity index (χ1) is 15.0. The van der Waals surface area contributed by atoms with E-state index in [1.165, 1.54) is 10.6 Å². The molecule has 0 spiro atoms. The molecule has 1 N–H and O–H groups in total. The van der Waals surface area contributed by atoms with Crippen LogP contribution in [0.4, 0.5) is 0 Å². The minimum absolute atomic E-state index is 0.0564. The Morgan fingerprint density at radius 2 is 2.03 bits per heavy atom. The lowest BCUT2D eigenvalue weighted by Gasteiger charge is -2.16. The van der Waals surface area contributed by atoms with Gasteiger partial charge < -0.3 is 18.9 Å². The number of ether oxygens (including phenoxy) is 2. The number of benzene rings is 1. The lowest BCUT2D eigenvalue weighted by atomic mass is 10.0. The summed E-state index contributed by atoms with van der Waals surface area (Å²) in [5, 5.41) is 7.55. The van der Waals surface area contributed by atoms with Crippen LogP contribution in [0.25, 0.3) is 0 Å². The average molecular weight is 422 g/mol. The van der Waals surface area contributed by atoms with Crippen molar-refractivity contribution in [1.82, 2.24) is 19.7 Å². The molecule has 0 bridgehead atoms. The number of hydrogen-bond donors (Lipinski definition) is 1. The largest absolute Gasteiger partial charge is 0.493 e. The third kappa shape index (κ3) is 4.63. The standard InChI is InChI=1S/C23H26N4O4/c1-26-14-17(7-8-22(26)28)23(29)27-11-9-16(15-27)19-13-18(24-25-19)10-12-31-21-6-4-3-5-20(21)30-2/h3-8,13-14,16H,9-12,15H2,1-2H3,(H,24,25)/t16-/m0/s1. The molecule has 0 unspecified atom stereocenters. The number of nitrogens with one attached hydrogen (secondary N) is 1. The second-order valence-electron chi connectivity index (χ2n) is 7.67. The summed E-state index contributed by atoms with van der Waals surface area (Å²) in [4.78, 5) is 26.2. The van der Waals surface area contributed by atoms with Crippen LogP contribution in [0.3, 0.4) is 0 Å². The molecule has 1 aliphatic rings. The van der Waals surface area contributed by atoms with E-state index in [-0.39, 0.29) is 17.4 Å². The molecular weight excluding hydrogens is 396 g/mol. The Balaban J connectivity index is 1.32. The van der Waals surface area contributed by atoms with E-state index >= 15 is 0 Å². The SMILES string of the molecule is COc1ccccc1OCCc1cc([C@H]2CCN(C(=O)c3ccc(=O)n(C)c3)C2)n[nH]1. The maximum atomic E-state index is 12.8. The Morgan fingerprint density at radius 1 is 1.23 bits per heavy atom. The highest BCUT2D eigenvalue weighted by atomic mass is 16.5. The quantitative estimate of drug-likeness (QED) is 0.631. The lowest BCUT2D eigenvalue weighted by Crippen LogP contribution is -2.29. The molecule has 31 heavy (non-hydrogen) atoms. The normalized spacial score (nSPS) is 15.8. The molecule has 1 saturated heterocycles. The minimum Gasteiger partial charge on any atom is -0.493 e.